The summed E-state index contributed by atoms with van der Waals surface area (Å²) in [6.45, 7) is 2.13. The van der Waals surface area contributed by atoms with Gasteiger partial charge in [0.2, 0.25) is 0 Å². The van der Waals surface area contributed by atoms with Crippen LogP contribution in [0, 0.1) is 25.4 Å². The lowest BCUT2D eigenvalue weighted by molar-refractivity contribution is -0.384. The summed E-state index contributed by atoms with van der Waals surface area (Å²) in [7, 11) is 0. The molecular weight excluding hydrogens is 374 g/mol. The molecule has 0 spiro atoms. The number of hydrogen-bond donors (Lipinski definition) is 1. The van der Waals surface area contributed by atoms with Crippen molar-refractivity contribution in [1.29, 1.82) is 0 Å². The zero-order valence-electron chi connectivity index (χ0n) is 11.4. The minimum Gasteiger partial charge on any atom is -0.376 e. The van der Waals surface area contributed by atoms with Crippen LogP contribution in [-0.4, -0.2) is 11.0 Å². The van der Waals surface area contributed by atoms with Crippen molar-refractivity contribution in [2.24, 2.45) is 5.92 Å². The highest BCUT2D eigenvalue weighted by Crippen LogP contribution is 2.34. The summed E-state index contributed by atoms with van der Waals surface area (Å²) in [6.07, 6.45) is 5.49. The SMILES string of the molecule is CCC1CCCCC1Nc1cc(F)c(I)cc1[N+](=O)[O-]. The van der Waals surface area contributed by atoms with Gasteiger partial charge < -0.3 is 5.32 Å². The fraction of sp³-hybridized carbons (Fsp3) is 0.571. The third-order valence-electron chi connectivity index (χ3n) is 4.01. The highest BCUT2D eigenvalue weighted by molar-refractivity contribution is 14.1. The third-order valence-corrected chi connectivity index (χ3v) is 4.84. The first-order chi connectivity index (χ1) is 9.52. The van der Waals surface area contributed by atoms with Crippen LogP contribution < -0.4 is 5.32 Å². The molecule has 1 fully saturated rings. The van der Waals surface area contributed by atoms with E-state index in [0.29, 0.717) is 11.6 Å². The molecule has 6 heteroatoms. The molecule has 2 rings (SSSR count). The lowest BCUT2D eigenvalue weighted by Crippen LogP contribution is -2.32. The Labute approximate surface area is 131 Å². The summed E-state index contributed by atoms with van der Waals surface area (Å²) in [5.74, 6) is 0.0910. The van der Waals surface area contributed by atoms with Gasteiger partial charge in [0.05, 0.1) is 8.49 Å². The molecule has 2 unspecified atom stereocenters. The van der Waals surface area contributed by atoms with Gasteiger partial charge in [0.1, 0.15) is 11.5 Å². The Hall–Kier alpha value is -0.920. The predicted octanol–water partition coefficient (Wildman–Crippen LogP) is 4.72. The number of nitro groups is 1. The van der Waals surface area contributed by atoms with Gasteiger partial charge in [0.15, 0.2) is 0 Å². The fourth-order valence-corrected chi connectivity index (χ4v) is 3.34. The fourth-order valence-electron chi connectivity index (χ4n) is 2.89. The molecule has 20 heavy (non-hydrogen) atoms. The Morgan fingerprint density at radius 3 is 2.80 bits per heavy atom. The second-order valence-corrected chi connectivity index (χ2v) is 6.41. The number of anilines is 1. The first kappa shape index (κ1) is 15.5. The van der Waals surface area contributed by atoms with E-state index in [-0.39, 0.29) is 15.3 Å². The Balaban J connectivity index is 2.27. The van der Waals surface area contributed by atoms with Crippen LogP contribution >= 0.6 is 22.6 Å². The van der Waals surface area contributed by atoms with E-state index < -0.39 is 10.7 Å². The summed E-state index contributed by atoms with van der Waals surface area (Å²) >= 11 is 1.78. The summed E-state index contributed by atoms with van der Waals surface area (Å²) < 4.78 is 14.0. The lowest BCUT2D eigenvalue weighted by atomic mass is 9.83. The molecule has 1 aliphatic carbocycles. The Bertz CT molecular complexity index is 510. The molecule has 0 saturated heterocycles. The largest absolute Gasteiger partial charge is 0.376 e. The van der Waals surface area contributed by atoms with Crippen LogP contribution in [-0.2, 0) is 0 Å². The quantitative estimate of drug-likeness (QED) is 0.458. The molecule has 0 aromatic heterocycles. The van der Waals surface area contributed by atoms with Crippen LogP contribution in [0.2, 0.25) is 0 Å². The lowest BCUT2D eigenvalue weighted by Gasteiger charge is -2.32. The molecule has 1 aromatic rings. The molecular formula is C14H18FIN2O2. The van der Waals surface area contributed by atoms with Crippen molar-refractivity contribution in [1.82, 2.24) is 0 Å². The predicted molar refractivity (Wildman–Crippen MR) is 85.4 cm³/mol. The molecule has 1 aliphatic rings. The van der Waals surface area contributed by atoms with Crippen molar-refractivity contribution >= 4 is 34.0 Å². The molecule has 1 saturated carbocycles. The molecule has 110 valence electrons. The molecule has 0 radical (unpaired) electrons. The Morgan fingerprint density at radius 2 is 2.15 bits per heavy atom. The number of nitrogens with one attached hydrogen (secondary N) is 1. The average molecular weight is 392 g/mol. The summed E-state index contributed by atoms with van der Waals surface area (Å²) in [4.78, 5) is 10.7. The van der Waals surface area contributed by atoms with E-state index in [2.05, 4.69) is 12.2 Å². The van der Waals surface area contributed by atoms with Crippen LogP contribution in [0.1, 0.15) is 39.0 Å². The zero-order valence-corrected chi connectivity index (χ0v) is 13.5. The van der Waals surface area contributed by atoms with Crippen LogP contribution in [0.25, 0.3) is 0 Å². The standard InChI is InChI=1S/C14H18FIN2O2/c1-2-9-5-3-4-6-12(9)17-13-7-10(15)11(16)8-14(13)18(19)20/h7-9,12,17H,2-6H2,1H3. The van der Waals surface area contributed by atoms with Crippen LogP contribution in [0.4, 0.5) is 15.8 Å². The first-order valence-corrected chi connectivity index (χ1v) is 8.00. The van der Waals surface area contributed by atoms with E-state index in [1.54, 1.807) is 22.6 Å². The van der Waals surface area contributed by atoms with Crippen molar-refractivity contribution in [3.8, 4) is 0 Å². The molecule has 0 heterocycles. The number of benzene rings is 1. The zero-order chi connectivity index (χ0) is 14.7. The van der Waals surface area contributed by atoms with E-state index in [4.69, 9.17) is 0 Å². The van der Waals surface area contributed by atoms with Crippen molar-refractivity contribution < 1.29 is 9.31 Å². The van der Waals surface area contributed by atoms with E-state index in [1.165, 1.54) is 18.6 Å². The van der Waals surface area contributed by atoms with Gasteiger partial charge >= 0.3 is 0 Å². The van der Waals surface area contributed by atoms with Gasteiger partial charge in [-0.05, 0) is 41.4 Å². The maximum Gasteiger partial charge on any atom is 0.293 e. The summed E-state index contributed by atoms with van der Waals surface area (Å²) in [5.41, 5.74) is 0.259. The average Bonchev–Trinajstić information content (AvgIpc) is 2.43. The van der Waals surface area contributed by atoms with Gasteiger partial charge in [0, 0.05) is 18.2 Å². The number of hydrogen-bond acceptors (Lipinski definition) is 3. The van der Waals surface area contributed by atoms with E-state index in [0.717, 1.165) is 25.7 Å². The molecule has 4 nitrogen and oxygen atoms in total. The maximum absolute atomic E-state index is 13.7. The van der Waals surface area contributed by atoms with Gasteiger partial charge in [-0.1, -0.05) is 26.2 Å². The van der Waals surface area contributed by atoms with Gasteiger partial charge in [-0.15, -0.1) is 0 Å². The number of rotatable bonds is 4. The highest BCUT2D eigenvalue weighted by atomic mass is 127. The second kappa shape index (κ2) is 6.69. The molecule has 0 aliphatic heterocycles. The minimum atomic E-state index is -0.451. The number of halogens is 2. The van der Waals surface area contributed by atoms with Gasteiger partial charge in [0.25, 0.3) is 5.69 Å². The Kier molecular flexibility index (Phi) is 5.17. The summed E-state index contributed by atoms with van der Waals surface area (Å²) in [5, 5.41) is 14.3. The molecule has 1 aromatic carbocycles. The molecule has 0 amide bonds. The van der Waals surface area contributed by atoms with Crippen molar-refractivity contribution in [3.05, 3.63) is 31.6 Å². The van der Waals surface area contributed by atoms with Crippen LogP contribution in [0.3, 0.4) is 0 Å². The summed E-state index contributed by atoms with van der Waals surface area (Å²) in [6, 6.07) is 2.75. The topological polar surface area (TPSA) is 55.2 Å². The third kappa shape index (κ3) is 3.39. The molecule has 2 atom stereocenters. The van der Waals surface area contributed by atoms with Crippen molar-refractivity contribution in [2.45, 2.75) is 45.1 Å². The monoisotopic (exact) mass is 392 g/mol. The molecule has 0 bridgehead atoms. The highest BCUT2D eigenvalue weighted by Gasteiger charge is 2.26. The smallest absolute Gasteiger partial charge is 0.293 e. The van der Waals surface area contributed by atoms with Gasteiger partial charge in [-0.2, -0.15) is 0 Å². The maximum atomic E-state index is 13.7. The Morgan fingerprint density at radius 1 is 1.45 bits per heavy atom. The van der Waals surface area contributed by atoms with E-state index in [9.17, 15) is 14.5 Å². The van der Waals surface area contributed by atoms with E-state index >= 15 is 0 Å². The minimum absolute atomic E-state index is 0.0452. The normalized spacial score (nSPS) is 22.6. The van der Waals surface area contributed by atoms with Crippen molar-refractivity contribution in [2.75, 3.05) is 5.32 Å². The number of nitro benzene ring substituents is 1. The van der Waals surface area contributed by atoms with Crippen LogP contribution in [0.5, 0.6) is 0 Å². The first-order valence-electron chi connectivity index (χ1n) is 6.93. The number of nitrogens with zero attached hydrogens (tertiary/aromatic N) is 1. The van der Waals surface area contributed by atoms with Crippen LogP contribution in [0.15, 0.2) is 12.1 Å². The molecule has 1 N–H and O–H groups in total. The van der Waals surface area contributed by atoms with E-state index in [1.807, 2.05) is 0 Å². The second-order valence-electron chi connectivity index (χ2n) is 5.24. The van der Waals surface area contributed by atoms with Gasteiger partial charge in [-0.3, -0.25) is 10.1 Å². The van der Waals surface area contributed by atoms with Crippen molar-refractivity contribution in [3.63, 3.8) is 0 Å². The van der Waals surface area contributed by atoms with Gasteiger partial charge in [-0.25, -0.2) is 4.39 Å².